The van der Waals surface area contributed by atoms with Crippen molar-refractivity contribution in [2.24, 2.45) is 17.8 Å². The van der Waals surface area contributed by atoms with Crippen LogP contribution in [0.4, 0.5) is 5.69 Å². The predicted molar refractivity (Wildman–Crippen MR) is 79.3 cm³/mol. The van der Waals surface area contributed by atoms with Crippen LogP contribution in [0.2, 0.25) is 0 Å². The van der Waals surface area contributed by atoms with Crippen molar-refractivity contribution >= 4 is 11.6 Å². The molecule has 2 saturated carbocycles. The summed E-state index contributed by atoms with van der Waals surface area (Å²) in [5.74, 6) is 2.50. The SMILES string of the molecule is COCc1cccc(NC(=O)CC2CC3CCC2C3)c1. The van der Waals surface area contributed by atoms with Gasteiger partial charge in [0.1, 0.15) is 0 Å². The average Bonchev–Trinajstić information content (AvgIpc) is 3.01. The van der Waals surface area contributed by atoms with Crippen LogP contribution < -0.4 is 5.32 Å². The van der Waals surface area contributed by atoms with Crippen molar-refractivity contribution in [2.45, 2.75) is 38.7 Å². The van der Waals surface area contributed by atoms with Crippen LogP contribution in [0.3, 0.4) is 0 Å². The van der Waals surface area contributed by atoms with Crippen LogP contribution in [-0.2, 0) is 16.1 Å². The van der Waals surface area contributed by atoms with Crippen molar-refractivity contribution in [3.63, 3.8) is 0 Å². The molecule has 3 nitrogen and oxygen atoms in total. The second-order valence-electron chi connectivity index (χ2n) is 6.32. The molecular formula is C17H23NO2. The van der Waals surface area contributed by atoms with E-state index >= 15 is 0 Å². The van der Waals surface area contributed by atoms with Crippen molar-refractivity contribution in [1.29, 1.82) is 0 Å². The standard InChI is InChI=1S/C17H23NO2/c1-20-11-13-3-2-4-16(9-13)18-17(19)10-15-8-12-5-6-14(15)7-12/h2-4,9,12,14-15H,5-8,10-11H2,1H3,(H,18,19). The van der Waals surface area contributed by atoms with Crippen molar-refractivity contribution in [1.82, 2.24) is 0 Å². The van der Waals surface area contributed by atoms with Gasteiger partial charge in [0, 0.05) is 19.2 Å². The van der Waals surface area contributed by atoms with E-state index in [1.165, 1.54) is 25.7 Å². The Bertz CT molecular complexity index is 486. The van der Waals surface area contributed by atoms with E-state index in [2.05, 4.69) is 5.32 Å². The third-order valence-electron chi connectivity index (χ3n) is 4.85. The van der Waals surface area contributed by atoms with Crippen LogP contribution in [0.1, 0.15) is 37.7 Å². The summed E-state index contributed by atoms with van der Waals surface area (Å²) < 4.78 is 5.12. The number of anilines is 1. The molecule has 3 heteroatoms. The Morgan fingerprint density at radius 1 is 1.35 bits per heavy atom. The first-order valence-electron chi connectivity index (χ1n) is 7.62. The molecule has 1 aromatic rings. The summed E-state index contributed by atoms with van der Waals surface area (Å²) in [6, 6.07) is 7.90. The van der Waals surface area contributed by atoms with Gasteiger partial charge < -0.3 is 10.1 Å². The molecule has 1 N–H and O–H groups in total. The van der Waals surface area contributed by atoms with E-state index in [0.29, 0.717) is 18.9 Å². The van der Waals surface area contributed by atoms with Gasteiger partial charge >= 0.3 is 0 Å². The molecule has 2 bridgehead atoms. The Hall–Kier alpha value is -1.35. The number of fused-ring (bicyclic) bond motifs is 2. The minimum absolute atomic E-state index is 0.164. The van der Waals surface area contributed by atoms with Gasteiger partial charge in [-0.15, -0.1) is 0 Å². The van der Waals surface area contributed by atoms with Crippen LogP contribution in [0, 0.1) is 17.8 Å². The highest BCUT2D eigenvalue weighted by Gasteiger charge is 2.40. The van der Waals surface area contributed by atoms with Gasteiger partial charge in [-0.1, -0.05) is 18.6 Å². The number of hydrogen-bond donors (Lipinski definition) is 1. The molecule has 3 unspecified atom stereocenters. The number of benzene rings is 1. The van der Waals surface area contributed by atoms with Gasteiger partial charge in [0.05, 0.1) is 6.61 Å². The van der Waals surface area contributed by atoms with E-state index in [1.807, 2.05) is 24.3 Å². The number of carbonyl (C=O) groups excluding carboxylic acids is 1. The third kappa shape index (κ3) is 3.04. The fourth-order valence-corrected chi connectivity index (χ4v) is 3.98. The predicted octanol–water partition coefficient (Wildman–Crippen LogP) is 3.60. The second-order valence-corrected chi connectivity index (χ2v) is 6.32. The molecule has 0 heterocycles. The Labute approximate surface area is 120 Å². The number of nitrogens with one attached hydrogen (secondary N) is 1. The Morgan fingerprint density at radius 2 is 2.25 bits per heavy atom. The lowest BCUT2D eigenvalue weighted by atomic mass is 9.86. The molecule has 0 radical (unpaired) electrons. The van der Waals surface area contributed by atoms with Gasteiger partial charge in [0.2, 0.25) is 5.91 Å². The fourth-order valence-electron chi connectivity index (χ4n) is 3.98. The summed E-state index contributed by atoms with van der Waals surface area (Å²) in [5, 5.41) is 3.03. The van der Waals surface area contributed by atoms with Crippen LogP contribution in [0.5, 0.6) is 0 Å². The molecule has 0 aliphatic heterocycles. The summed E-state index contributed by atoms with van der Waals surface area (Å²) >= 11 is 0. The number of ether oxygens (including phenoxy) is 1. The molecule has 108 valence electrons. The molecule has 3 atom stereocenters. The summed E-state index contributed by atoms with van der Waals surface area (Å²) in [7, 11) is 1.68. The number of amides is 1. The summed E-state index contributed by atoms with van der Waals surface area (Å²) in [6.07, 6.45) is 6.05. The number of methoxy groups -OCH3 is 1. The highest BCUT2D eigenvalue weighted by Crippen LogP contribution is 2.49. The lowest BCUT2D eigenvalue weighted by molar-refractivity contribution is -0.117. The van der Waals surface area contributed by atoms with Gasteiger partial charge in [-0.25, -0.2) is 0 Å². The van der Waals surface area contributed by atoms with Gasteiger partial charge in [0.15, 0.2) is 0 Å². The van der Waals surface area contributed by atoms with Crippen molar-refractivity contribution in [2.75, 3.05) is 12.4 Å². The zero-order chi connectivity index (χ0) is 13.9. The van der Waals surface area contributed by atoms with Gasteiger partial charge in [-0.2, -0.15) is 0 Å². The minimum atomic E-state index is 0.164. The minimum Gasteiger partial charge on any atom is -0.380 e. The van der Waals surface area contributed by atoms with Gasteiger partial charge in [0.25, 0.3) is 0 Å². The summed E-state index contributed by atoms with van der Waals surface area (Å²) in [4.78, 5) is 12.2. The molecule has 20 heavy (non-hydrogen) atoms. The summed E-state index contributed by atoms with van der Waals surface area (Å²) in [5.41, 5.74) is 1.97. The Kier molecular flexibility index (Phi) is 4.06. The van der Waals surface area contributed by atoms with E-state index in [1.54, 1.807) is 7.11 Å². The normalized spacial score (nSPS) is 27.8. The van der Waals surface area contributed by atoms with Gasteiger partial charge in [-0.05, 0) is 54.7 Å². The topological polar surface area (TPSA) is 38.3 Å². The Morgan fingerprint density at radius 3 is 2.95 bits per heavy atom. The summed E-state index contributed by atoms with van der Waals surface area (Å²) in [6.45, 7) is 0.579. The first kappa shape index (κ1) is 13.6. The van der Waals surface area contributed by atoms with Crippen molar-refractivity contribution in [3.8, 4) is 0 Å². The highest BCUT2D eigenvalue weighted by atomic mass is 16.5. The van der Waals surface area contributed by atoms with E-state index in [0.717, 1.165) is 23.1 Å². The van der Waals surface area contributed by atoms with Crippen molar-refractivity contribution in [3.05, 3.63) is 29.8 Å². The Balaban J connectivity index is 1.54. The zero-order valence-electron chi connectivity index (χ0n) is 12.1. The van der Waals surface area contributed by atoms with Crippen LogP contribution >= 0.6 is 0 Å². The largest absolute Gasteiger partial charge is 0.380 e. The molecule has 0 aromatic heterocycles. The maximum absolute atomic E-state index is 12.2. The fraction of sp³-hybridized carbons (Fsp3) is 0.588. The third-order valence-corrected chi connectivity index (χ3v) is 4.85. The molecule has 2 fully saturated rings. The van der Waals surface area contributed by atoms with Crippen LogP contribution in [0.15, 0.2) is 24.3 Å². The lowest BCUT2D eigenvalue weighted by Crippen LogP contribution is -2.20. The average molecular weight is 273 g/mol. The molecular weight excluding hydrogens is 250 g/mol. The molecule has 1 amide bonds. The molecule has 0 spiro atoms. The zero-order valence-corrected chi connectivity index (χ0v) is 12.1. The first-order chi connectivity index (χ1) is 9.74. The highest BCUT2D eigenvalue weighted by molar-refractivity contribution is 5.90. The number of hydrogen-bond acceptors (Lipinski definition) is 2. The molecule has 0 saturated heterocycles. The number of carbonyl (C=O) groups is 1. The first-order valence-corrected chi connectivity index (χ1v) is 7.62. The van der Waals surface area contributed by atoms with Gasteiger partial charge in [-0.3, -0.25) is 4.79 Å². The van der Waals surface area contributed by atoms with E-state index < -0.39 is 0 Å². The molecule has 3 rings (SSSR count). The maximum Gasteiger partial charge on any atom is 0.224 e. The number of rotatable bonds is 5. The molecule has 2 aliphatic carbocycles. The van der Waals surface area contributed by atoms with Crippen LogP contribution in [-0.4, -0.2) is 13.0 Å². The lowest BCUT2D eigenvalue weighted by Gasteiger charge is -2.20. The second kappa shape index (κ2) is 5.96. The van der Waals surface area contributed by atoms with E-state index in [9.17, 15) is 4.79 Å². The van der Waals surface area contributed by atoms with Crippen molar-refractivity contribution < 1.29 is 9.53 Å². The monoisotopic (exact) mass is 273 g/mol. The molecule has 1 aromatic carbocycles. The van der Waals surface area contributed by atoms with Crippen LogP contribution in [0.25, 0.3) is 0 Å². The molecule has 2 aliphatic rings. The maximum atomic E-state index is 12.2. The van der Waals surface area contributed by atoms with E-state index in [4.69, 9.17) is 4.74 Å². The quantitative estimate of drug-likeness (QED) is 0.890. The smallest absolute Gasteiger partial charge is 0.224 e. The van der Waals surface area contributed by atoms with E-state index in [-0.39, 0.29) is 5.91 Å².